The van der Waals surface area contributed by atoms with E-state index in [1.54, 1.807) is 17.0 Å². The summed E-state index contributed by atoms with van der Waals surface area (Å²) in [5, 5.41) is 7.47. The summed E-state index contributed by atoms with van der Waals surface area (Å²) in [4.78, 5) is 21.6. The Kier molecular flexibility index (Phi) is 4.92. The molecule has 0 fully saturated rings. The highest BCUT2D eigenvalue weighted by atomic mass is 16.1. The molecule has 31 heavy (non-hydrogen) atoms. The fourth-order valence-electron chi connectivity index (χ4n) is 3.22. The van der Waals surface area contributed by atoms with Crippen LogP contribution >= 0.6 is 0 Å². The number of amides is 1. The Morgan fingerprint density at radius 2 is 1.61 bits per heavy atom. The SMILES string of the molecule is CC(C)(C)c1ccc(C(=O)Nc2cn3nc(-n4cnc(C(C)(C)C)c4)ccc3n2)cc1. The summed E-state index contributed by atoms with van der Waals surface area (Å²) >= 11 is 0. The number of aromatic nitrogens is 5. The first-order valence-corrected chi connectivity index (χ1v) is 10.3. The van der Waals surface area contributed by atoms with E-state index in [-0.39, 0.29) is 16.7 Å². The first kappa shape index (κ1) is 20.8. The van der Waals surface area contributed by atoms with E-state index in [4.69, 9.17) is 0 Å². The maximum Gasteiger partial charge on any atom is 0.256 e. The summed E-state index contributed by atoms with van der Waals surface area (Å²) in [6, 6.07) is 11.4. The molecule has 7 nitrogen and oxygen atoms in total. The first-order chi connectivity index (χ1) is 14.5. The number of imidazole rings is 2. The van der Waals surface area contributed by atoms with Gasteiger partial charge in [0.15, 0.2) is 17.3 Å². The van der Waals surface area contributed by atoms with Gasteiger partial charge in [0.1, 0.15) is 6.33 Å². The van der Waals surface area contributed by atoms with Gasteiger partial charge in [-0.3, -0.25) is 9.36 Å². The van der Waals surface area contributed by atoms with E-state index in [1.807, 2.05) is 47.2 Å². The highest BCUT2D eigenvalue weighted by molar-refractivity contribution is 6.03. The van der Waals surface area contributed by atoms with Crippen LogP contribution in [0.5, 0.6) is 0 Å². The molecule has 3 aromatic heterocycles. The van der Waals surface area contributed by atoms with Crippen molar-refractivity contribution >= 4 is 17.4 Å². The largest absolute Gasteiger partial charge is 0.305 e. The molecule has 1 N–H and O–H groups in total. The number of carbonyl (C=O) groups is 1. The average Bonchev–Trinajstić information content (AvgIpc) is 3.33. The Hall–Kier alpha value is -3.48. The van der Waals surface area contributed by atoms with Crippen LogP contribution in [-0.2, 0) is 10.8 Å². The molecule has 0 radical (unpaired) electrons. The van der Waals surface area contributed by atoms with Crippen molar-refractivity contribution in [1.29, 1.82) is 0 Å². The van der Waals surface area contributed by atoms with Crippen molar-refractivity contribution in [3.63, 3.8) is 0 Å². The maximum absolute atomic E-state index is 12.6. The molecule has 4 rings (SSSR count). The summed E-state index contributed by atoms with van der Waals surface area (Å²) in [7, 11) is 0. The van der Waals surface area contributed by atoms with Gasteiger partial charge in [0.05, 0.1) is 11.9 Å². The molecule has 0 unspecified atom stereocenters. The molecule has 0 aliphatic rings. The molecule has 1 amide bonds. The molecule has 1 aromatic carbocycles. The number of hydrogen-bond donors (Lipinski definition) is 1. The van der Waals surface area contributed by atoms with Crippen molar-refractivity contribution in [3.05, 3.63) is 71.9 Å². The molecule has 4 aromatic rings. The molecular weight excluding hydrogens is 388 g/mol. The van der Waals surface area contributed by atoms with Gasteiger partial charge in [-0.1, -0.05) is 53.7 Å². The third kappa shape index (κ3) is 4.35. The van der Waals surface area contributed by atoms with E-state index >= 15 is 0 Å². The van der Waals surface area contributed by atoms with Crippen LogP contribution in [0.15, 0.2) is 55.1 Å². The monoisotopic (exact) mass is 416 g/mol. The highest BCUT2D eigenvalue weighted by Gasteiger charge is 2.18. The summed E-state index contributed by atoms with van der Waals surface area (Å²) in [5.74, 6) is 0.979. The van der Waals surface area contributed by atoms with Crippen LogP contribution in [0, 0.1) is 0 Å². The van der Waals surface area contributed by atoms with Gasteiger partial charge >= 0.3 is 0 Å². The number of rotatable bonds is 3. The van der Waals surface area contributed by atoms with E-state index in [2.05, 4.69) is 61.9 Å². The standard InChI is InChI=1S/C24H28N6O/c1-23(2,3)17-9-7-16(8-10-17)22(31)27-19-14-30-20(26-19)11-12-21(28-30)29-13-18(25-15-29)24(4,5)6/h7-15H,1-6H3,(H,27,31). The number of nitrogens with one attached hydrogen (secondary N) is 1. The zero-order valence-electron chi connectivity index (χ0n) is 18.8. The molecule has 0 aliphatic heterocycles. The van der Waals surface area contributed by atoms with Gasteiger partial charge in [-0.25, -0.2) is 14.5 Å². The molecular formula is C24H28N6O. The second-order valence-corrected chi connectivity index (χ2v) is 9.82. The Labute approximate surface area is 182 Å². The van der Waals surface area contributed by atoms with Crippen molar-refractivity contribution in [3.8, 4) is 5.82 Å². The Morgan fingerprint density at radius 3 is 2.23 bits per heavy atom. The number of anilines is 1. The summed E-state index contributed by atoms with van der Waals surface area (Å²) in [5.41, 5.74) is 3.42. The zero-order chi connectivity index (χ0) is 22.4. The molecule has 0 saturated carbocycles. The van der Waals surface area contributed by atoms with Gasteiger partial charge in [-0.15, -0.1) is 5.10 Å². The smallest absolute Gasteiger partial charge is 0.256 e. The van der Waals surface area contributed by atoms with Gasteiger partial charge in [-0.05, 0) is 35.2 Å². The summed E-state index contributed by atoms with van der Waals surface area (Å²) < 4.78 is 3.54. The van der Waals surface area contributed by atoms with Crippen LogP contribution in [0.3, 0.4) is 0 Å². The van der Waals surface area contributed by atoms with Gasteiger partial charge in [-0.2, -0.15) is 0 Å². The summed E-state index contributed by atoms with van der Waals surface area (Å²) in [6.45, 7) is 12.8. The van der Waals surface area contributed by atoms with Crippen LogP contribution < -0.4 is 5.32 Å². The number of benzene rings is 1. The highest BCUT2D eigenvalue weighted by Crippen LogP contribution is 2.23. The van der Waals surface area contributed by atoms with E-state index in [0.29, 0.717) is 17.0 Å². The maximum atomic E-state index is 12.6. The third-order valence-electron chi connectivity index (χ3n) is 5.18. The number of nitrogens with zero attached hydrogens (tertiary/aromatic N) is 5. The molecule has 3 heterocycles. The summed E-state index contributed by atoms with van der Waals surface area (Å²) in [6.07, 6.45) is 5.45. The Balaban J connectivity index is 1.54. The molecule has 0 aliphatic carbocycles. The van der Waals surface area contributed by atoms with E-state index in [9.17, 15) is 4.79 Å². The Bertz CT molecular complexity index is 1240. The van der Waals surface area contributed by atoms with Gasteiger partial charge in [0, 0.05) is 17.2 Å². The van der Waals surface area contributed by atoms with Crippen molar-refractivity contribution in [2.24, 2.45) is 0 Å². The minimum absolute atomic E-state index is 0.0348. The predicted octanol–water partition coefficient (Wildman–Crippen LogP) is 4.76. The Morgan fingerprint density at radius 1 is 0.903 bits per heavy atom. The quantitative estimate of drug-likeness (QED) is 0.522. The van der Waals surface area contributed by atoms with Crippen molar-refractivity contribution in [1.82, 2.24) is 24.1 Å². The van der Waals surface area contributed by atoms with Crippen molar-refractivity contribution < 1.29 is 4.79 Å². The lowest BCUT2D eigenvalue weighted by molar-refractivity contribution is 0.102. The van der Waals surface area contributed by atoms with E-state index < -0.39 is 0 Å². The fraction of sp³-hybridized carbons (Fsp3) is 0.333. The van der Waals surface area contributed by atoms with Crippen LogP contribution in [0.1, 0.15) is 63.2 Å². The first-order valence-electron chi connectivity index (χ1n) is 10.3. The lowest BCUT2D eigenvalue weighted by Gasteiger charge is -2.18. The molecule has 0 atom stereocenters. The lowest BCUT2D eigenvalue weighted by Crippen LogP contribution is -2.14. The zero-order valence-corrected chi connectivity index (χ0v) is 18.8. The fourth-order valence-corrected chi connectivity index (χ4v) is 3.22. The minimum Gasteiger partial charge on any atom is -0.305 e. The second-order valence-electron chi connectivity index (χ2n) is 9.82. The molecule has 7 heteroatoms. The average molecular weight is 417 g/mol. The van der Waals surface area contributed by atoms with Crippen LogP contribution in [0.25, 0.3) is 11.5 Å². The molecule has 160 valence electrons. The third-order valence-corrected chi connectivity index (χ3v) is 5.18. The molecule has 0 bridgehead atoms. The van der Waals surface area contributed by atoms with Crippen LogP contribution in [0.4, 0.5) is 5.82 Å². The number of carbonyl (C=O) groups excluding carboxylic acids is 1. The van der Waals surface area contributed by atoms with Gasteiger partial charge in [0.2, 0.25) is 0 Å². The molecule has 0 saturated heterocycles. The predicted molar refractivity (Wildman–Crippen MR) is 122 cm³/mol. The topological polar surface area (TPSA) is 77.1 Å². The van der Waals surface area contributed by atoms with Crippen molar-refractivity contribution in [2.45, 2.75) is 52.4 Å². The number of fused-ring (bicyclic) bond motifs is 1. The molecule has 0 spiro atoms. The number of hydrogen-bond acceptors (Lipinski definition) is 4. The minimum atomic E-state index is -0.200. The van der Waals surface area contributed by atoms with E-state index in [1.165, 1.54) is 5.56 Å². The van der Waals surface area contributed by atoms with Crippen molar-refractivity contribution in [2.75, 3.05) is 5.32 Å². The van der Waals surface area contributed by atoms with Crippen LogP contribution in [-0.4, -0.2) is 30.1 Å². The van der Waals surface area contributed by atoms with Gasteiger partial charge < -0.3 is 5.32 Å². The lowest BCUT2D eigenvalue weighted by atomic mass is 9.87. The van der Waals surface area contributed by atoms with E-state index in [0.717, 1.165) is 11.5 Å². The van der Waals surface area contributed by atoms with Gasteiger partial charge in [0.25, 0.3) is 5.91 Å². The second kappa shape index (κ2) is 7.34. The normalized spacial score (nSPS) is 12.3. The van der Waals surface area contributed by atoms with Crippen LogP contribution in [0.2, 0.25) is 0 Å².